The van der Waals surface area contributed by atoms with Gasteiger partial charge in [0.05, 0.1) is 0 Å². The Morgan fingerprint density at radius 1 is 1.44 bits per heavy atom. The van der Waals surface area contributed by atoms with Gasteiger partial charge in [-0.25, -0.2) is 4.79 Å². The molecule has 1 atom stereocenters. The van der Waals surface area contributed by atoms with Gasteiger partial charge in [-0.3, -0.25) is 9.69 Å². The number of amides is 1. The van der Waals surface area contributed by atoms with Crippen molar-refractivity contribution in [1.29, 1.82) is 0 Å². The van der Waals surface area contributed by atoms with E-state index in [1.807, 2.05) is 30.3 Å². The summed E-state index contributed by atoms with van der Waals surface area (Å²) in [5.74, 6) is -0.0400. The average Bonchev–Trinajstić information content (AvgIpc) is 2.62. The van der Waals surface area contributed by atoms with Crippen LogP contribution in [-0.2, 0) is 16.1 Å². The smallest absolute Gasteiger partial charge is 0.410 e. The number of ether oxygens (including phenoxy) is 1. The number of Topliss-reactive ketones (excluding diaryl/α,β-unsaturated/α-hetero) is 1. The molecule has 1 fully saturated rings. The van der Waals surface area contributed by atoms with E-state index in [0.717, 1.165) is 5.56 Å². The molecule has 0 radical (unpaired) electrons. The largest absolute Gasteiger partial charge is 0.447 e. The van der Waals surface area contributed by atoms with E-state index in [0.29, 0.717) is 6.54 Å². The Kier molecular flexibility index (Phi) is 2.90. The van der Waals surface area contributed by atoms with E-state index in [9.17, 15) is 9.59 Å². The maximum atomic E-state index is 11.4. The molecule has 0 bridgehead atoms. The van der Waals surface area contributed by atoms with E-state index in [4.69, 9.17) is 4.74 Å². The number of cyclic esters (lactones) is 1. The summed E-state index contributed by atoms with van der Waals surface area (Å²) >= 11 is 0. The minimum absolute atomic E-state index is 0.0400. The van der Waals surface area contributed by atoms with Gasteiger partial charge in [0.25, 0.3) is 0 Å². The maximum Gasteiger partial charge on any atom is 0.410 e. The van der Waals surface area contributed by atoms with Crippen molar-refractivity contribution in [2.45, 2.75) is 19.5 Å². The van der Waals surface area contributed by atoms with Crippen molar-refractivity contribution < 1.29 is 14.3 Å². The van der Waals surface area contributed by atoms with Crippen LogP contribution in [-0.4, -0.2) is 29.4 Å². The first-order chi connectivity index (χ1) is 7.68. The molecule has 1 aromatic carbocycles. The molecular weight excluding hydrogens is 206 g/mol. The van der Waals surface area contributed by atoms with E-state index in [1.165, 1.54) is 11.8 Å². The zero-order chi connectivity index (χ0) is 11.5. The molecule has 84 valence electrons. The highest BCUT2D eigenvalue weighted by molar-refractivity contribution is 5.87. The van der Waals surface area contributed by atoms with Crippen LogP contribution in [0.5, 0.6) is 0 Å². The Balaban J connectivity index is 2.13. The highest BCUT2D eigenvalue weighted by atomic mass is 16.6. The van der Waals surface area contributed by atoms with Crippen LogP contribution in [0.4, 0.5) is 4.79 Å². The van der Waals surface area contributed by atoms with Crippen LogP contribution in [0.1, 0.15) is 12.5 Å². The zero-order valence-corrected chi connectivity index (χ0v) is 9.05. The molecular formula is C12H13NO3. The van der Waals surface area contributed by atoms with Gasteiger partial charge in [0.15, 0.2) is 5.78 Å². The molecule has 0 aliphatic carbocycles. The molecule has 0 spiro atoms. The topological polar surface area (TPSA) is 46.6 Å². The maximum absolute atomic E-state index is 11.4. The summed E-state index contributed by atoms with van der Waals surface area (Å²) in [4.78, 5) is 24.2. The minimum Gasteiger partial charge on any atom is -0.447 e. The first kappa shape index (κ1) is 10.7. The van der Waals surface area contributed by atoms with Crippen LogP contribution in [0.15, 0.2) is 30.3 Å². The number of carbonyl (C=O) groups is 2. The molecule has 1 aromatic rings. The molecule has 0 N–H and O–H groups in total. The summed E-state index contributed by atoms with van der Waals surface area (Å²) in [5.41, 5.74) is 0.993. The van der Waals surface area contributed by atoms with E-state index in [2.05, 4.69) is 0 Å². The standard InChI is InChI=1S/C12H13NO3/c1-9(14)11-8-16-12(15)13(11)7-10-5-3-2-4-6-10/h2-6,11H,7-8H2,1H3/t11-/m0/s1. The van der Waals surface area contributed by atoms with E-state index in [1.54, 1.807) is 0 Å². The molecule has 0 unspecified atom stereocenters. The van der Waals surface area contributed by atoms with Crippen molar-refractivity contribution in [3.8, 4) is 0 Å². The van der Waals surface area contributed by atoms with Crippen molar-refractivity contribution in [2.24, 2.45) is 0 Å². The molecule has 2 rings (SSSR count). The number of carbonyl (C=O) groups excluding carboxylic acids is 2. The Bertz CT molecular complexity index is 402. The molecule has 16 heavy (non-hydrogen) atoms. The molecule has 1 aliphatic heterocycles. The van der Waals surface area contributed by atoms with Gasteiger partial charge in [0, 0.05) is 6.54 Å². The predicted molar refractivity (Wildman–Crippen MR) is 57.8 cm³/mol. The summed E-state index contributed by atoms with van der Waals surface area (Å²) in [7, 11) is 0. The summed E-state index contributed by atoms with van der Waals surface area (Å²) in [6, 6.07) is 9.12. The fourth-order valence-electron chi connectivity index (χ4n) is 1.74. The van der Waals surface area contributed by atoms with Gasteiger partial charge < -0.3 is 4.74 Å². The van der Waals surface area contributed by atoms with Crippen molar-refractivity contribution in [3.05, 3.63) is 35.9 Å². The quantitative estimate of drug-likeness (QED) is 0.775. The van der Waals surface area contributed by atoms with E-state index >= 15 is 0 Å². The molecule has 1 saturated heterocycles. The van der Waals surface area contributed by atoms with Crippen LogP contribution in [0.25, 0.3) is 0 Å². The third-order valence-electron chi connectivity index (χ3n) is 2.64. The second kappa shape index (κ2) is 4.35. The Morgan fingerprint density at radius 2 is 2.12 bits per heavy atom. The Hall–Kier alpha value is -1.84. The second-order valence-electron chi connectivity index (χ2n) is 3.82. The molecule has 4 heteroatoms. The lowest BCUT2D eigenvalue weighted by Crippen LogP contribution is -2.37. The monoisotopic (exact) mass is 219 g/mol. The lowest BCUT2D eigenvalue weighted by atomic mass is 10.1. The van der Waals surface area contributed by atoms with Crippen LogP contribution in [0, 0.1) is 0 Å². The van der Waals surface area contributed by atoms with Crippen molar-refractivity contribution in [1.82, 2.24) is 4.90 Å². The zero-order valence-electron chi connectivity index (χ0n) is 9.05. The van der Waals surface area contributed by atoms with Crippen LogP contribution in [0.2, 0.25) is 0 Å². The van der Waals surface area contributed by atoms with Crippen LogP contribution < -0.4 is 0 Å². The van der Waals surface area contributed by atoms with E-state index in [-0.39, 0.29) is 12.4 Å². The summed E-state index contributed by atoms with van der Waals surface area (Å²) in [6.07, 6.45) is -0.413. The molecule has 4 nitrogen and oxygen atoms in total. The SMILES string of the molecule is CC(=O)[C@@H]1COC(=O)N1Cc1ccccc1. The van der Waals surface area contributed by atoms with Gasteiger partial charge in [0.1, 0.15) is 12.6 Å². The third-order valence-corrected chi connectivity index (χ3v) is 2.64. The van der Waals surface area contributed by atoms with Crippen molar-refractivity contribution in [3.63, 3.8) is 0 Å². The number of benzene rings is 1. The highest BCUT2D eigenvalue weighted by Crippen LogP contribution is 2.16. The van der Waals surface area contributed by atoms with Gasteiger partial charge in [-0.2, -0.15) is 0 Å². The van der Waals surface area contributed by atoms with Gasteiger partial charge >= 0.3 is 6.09 Å². The molecule has 0 aromatic heterocycles. The van der Waals surface area contributed by atoms with Gasteiger partial charge in [-0.15, -0.1) is 0 Å². The first-order valence-electron chi connectivity index (χ1n) is 5.16. The minimum atomic E-state index is -0.437. The number of ketones is 1. The van der Waals surface area contributed by atoms with Gasteiger partial charge in [-0.05, 0) is 12.5 Å². The highest BCUT2D eigenvalue weighted by Gasteiger charge is 2.35. The average molecular weight is 219 g/mol. The van der Waals surface area contributed by atoms with Crippen molar-refractivity contribution >= 4 is 11.9 Å². The second-order valence-corrected chi connectivity index (χ2v) is 3.82. The lowest BCUT2D eigenvalue weighted by molar-refractivity contribution is -0.120. The number of rotatable bonds is 3. The number of hydrogen-bond acceptors (Lipinski definition) is 3. The van der Waals surface area contributed by atoms with Gasteiger partial charge in [-0.1, -0.05) is 30.3 Å². The molecule has 1 amide bonds. The number of hydrogen-bond donors (Lipinski definition) is 0. The van der Waals surface area contributed by atoms with Crippen molar-refractivity contribution in [2.75, 3.05) is 6.61 Å². The fraction of sp³-hybridized carbons (Fsp3) is 0.333. The van der Waals surface area contributed by atoms with Crippen LogP contribution >= 0.6 is 0 Å². The summed E-state index contributed by atoms with van der Waals surface area (Å²) < 4.78 is 4.88. The molecule has 0 saturated carbocycles. The number of nitrogens with zero attached hydrogens (tertiary/aromatic N) is 1. The van der Waals surface area contributed by atoms with Crippen LogP contribution in [0.3, 0.4) is 0 Å². The lowest BCUT2D eigenvalue weighted by Gasteiger charge is -2.18. The Labute approximate surface area is 93.8 Å². The van der Waals surface area contributed by atoms with E-state index < -0.39 is 12.1 Å². The molecule has 1 aliphatic rings. The normalized spacial score (nSPS) is 19.7. The van der Waals surface area contributed by atoms with Gasteiger partial charge in [0.2, 0.25) is 0 Å². The third kappa shape index (κ3) is 2.05. The fourth-order valence-corrected chi connectivity index (χ4v) is 1.74. The summed E-state index contributed by atoms with van der Waals surface area (Å²) in [5, 5.41) is 0. The predicted octanol–water partition coefficient (Wildman–Crippen LogP) is 1.60. The Morgan fingerprint density at radius 3 is 2.75 bits per heavy atom. The molecule has 1 heterocycles. The summed E-state index contributed by atoms with van der Waals surface area (Å²) in [6.45, 7) is 2.07. The first-order valence-corrected chi connectivity index (χ1v) is 5.16.